The van der Waals surface area contributed by atoms with Crippen molar-refractivity contribution in [3.05, 3.63) is 39.3 Å². The highest BCUT2D eigenvalue weighted by molar-refractivity contribution is 9.10. The van der Waals surface area contributed by atoms with Gasteiger partial charge in [0.25, 0.3) is 0 Å². The number of nitrogens with zero attached hydrogens (tertiary/aromatic N) is 3. The third-order valence-electron chi connectivity index (χ3n) is 3.08. The molecular weight excluding hydrogens is 314 g/mol. The molecular formula is C13H11BrClN3. The lowest BCUT2D eigenvalue weighted by Gasteiger charge is -2.08. The van der Waals surface area contributed by atoms with Crippen LogP contribution in [0.4, 0.5) is 0 Å². The van der Waals surface area contributed by atoms with Crippen molar-refractivity contribution in [1.82, 2.24) is 15.0 Å². The van der Waals surface area contributed by atoms with Crippen LogP contribution < -0.4 is 0 Å². The number of pyridine rings is 1. The van der Waals surface area contributed by atoms with Crippen molar-refractivity contribution >= 4 is 27.5 Å². The first-order valence-corrected chi connectivity index (χ1v) is 6.98. The van der Waals surface area contributed by atoms with Crippen LogP contribution in [-0.2, 0) is 0 Å². The van der Waals surface area contributed by atoms with Crippen LogP contribution in [0.15, 0.2) is 22.9 Å². The maximum atomic E-state index is 6.17. The van der Waals surface area contributed by atoms with E-state index in [1.165, 1.54) is 12.8 Å². The molecule has 1 fully saturated rings. The Kier molecular flexibility index (Phi) is 3.08. The minimum atomic E-state index is 0.477. The molecule has 0 saturated heterocycles. The van der Waals surface area contributed by atoms with Gasteiger partial charge in [0.2, 0.25) is 0 Å². The van der Waals surface area contributed by atoms with E-state index in [9.17, 15) is 0 Å². The first-order chi connectivity index (χ1) is 8.66. The Hall–Kier alpha value is -1.00. The van der Waals surface area contributed by atoms with E-state index in [-0.39, 0.29) is 0 Å². The molecule has 1 aliphatic rings. The number of aromatic nitrogens is 3. The summed E-state index contributed by atoms with van der Waals surface area (Å²) in [6.07, 6.45) is 5.90. The van der Waals surface area contributed by atoms with E-state index in [2.05, 4.69) is 30.9 Å². The summed E-state index contributed by atoms with van der Waals surface area (Å²) < 4.78 is 0.831. The third kappa shape index (κ3) is 2.15. The van der Waals surface area contributed by atoms with Crippen molar-refractivity contribution in [2.24, 2.45) is 0 Å². The molecule has 2 aromatic rings. The van der Waals surface area contributed by atoms with Gasteiger partial charge in [-0.15, -0.1) is 0 Å². The van der Waals surface area contributed by atoms with Gasteiger partial charge >= 0.3 is 0 Å². The zero-order valence-corrected chi connectivity index (χ0v) is 12.2. The van der Waals surface area contributed by atoms with Crippen LogP contribution in [-0.4, -0.2) is 15.0 Å². The minimum Gasteiger partial charge on any atom is -0.264 e. The van der Waals surface area contributed by atoms with Crippen molar-refractivity contribution in [3.63, 3.8) is 0 Å². The normalized spacial score (nSPS) is 14.8. The summed E-state index contributed by atoms with van der Waals surface area (Å²) >= 11 is 9.65. The van der Waals surface area contributed by atoms with Gasteiger partial charge in [-0.2, -0.15) is 0 Å². The van der Waals surface area contributed by atoms with Crippen molar-refractivity contribution in [2.45, 2.75) is 25.7 Å². The average Bonchev–Trinajstić information content (AvgIpc) is 3.17. The van der Waals surface area contributed by atoms with Gasteiger partial charge in [0.05, 0.1) is 10.2 Å². The van der Waals surface area contributed by atoms with E-state index in [1.54, 1.807) is 12.4 Å². The molecule has 3 rings (SSSR count). The maximum absolute atomic E-state index is 6.17. The molecule has 3 nitrogen and oxygen atoms in total. The highest BCUT2D eigenvalue weighted by atomic mass is 79.9. The molecule has 5 heteroatoms. The minimum absolute atomic E-state index is 0.477. The lowest BCUT2D eigenvalue weighted by atomic mass is 10.1. The molecule has 0 spiro atoms. The highest BCUT2D eigenvalue weighted by Gasteiger charge is 2.29. The van der Waals surface area contributed by atoms with E-state index >= 15 is 0 Å². The second-order valence-electron chi connectivity index (χ2n) is 4.50. The summed E-state index contributed by atoms with van der Waals surface area (Å²) in [5.41, 5.74) is 3.06. The average molecular weight is 325 g/mol. The van der Waals surface area contributed by atoms with Gasteiger partial charge in [-0.3, -0.25) is 4.98 Å². The molecule has 0 bridgehead atoms. The van der Waals surface area contributed by atoms with E-state index in [4.69, 9.17) is 11.6 Å². The Morgan fingerprint density at radius 3 is 2.78 bits per heavy atom. The second kappa shape index (κ2) is 4.59. The zero-order chi connectivity index (χ0) is 12.7. The molecule has 0 unspecified atom stereocenters. The summed E-state index contributed by atoms with van der Waals surface area (Å²) in [5, 5.41) is 0.477. The summed E-state index contributed by atoms with van der Waals surface area (Å²) in [7, 11) is 0. The number of rotatable bonds is 2. The number of hydrogen-bond donors (Lipinski definition) is 0. The first-order valence-electron chi connectivity index (χ1n) is 5.80. The lowest BCUT2D eigenvalue weighted by molar-refractivity contribution is 0.977. The Morgan fingerprint density at radius 2 is 2.11 bits per heavy atom. The number of hydrogen-bond acceptors (Lipinski definition) is 3. The molecule has 2 aromatic heterocycles. The van der Waals surface area contributed by atoms with Crippen LogP contribution >= 0.6 is 27.5 Å². The summed E-state index contributed by atoms with van der Waals surface area (Å²) in [4.78, 5) is 13.1. The Morgan fingerprint density at radius 1 is 1.33 bits per heavy atom. The van der Waals surface area contributed by atoms with Crippen LogP contribution in [0.3, 0.4) is 0 Å². The van der Waals surface area contributed by atoms with Crippen molar-refractivity contribution in [2.75, 3.05) is 0 Å². The smallest absolute Gasteiger partial charge is 0.163 e. The predicted molar refractivity (Wildman–Crippen MR) is 74.7 cm³/mol. The Labute approximate surface area is 119 Å². The molecule has 0 atom stereocenters. The van der Waals surface area contributed by atoms with Crippen LogP contribution in [0.2, 0.25) is 5.15 Å². The molecule has 0 N–H and O–H groups in total. The predicted octanol–water partition coefficient (Wildman–Crippen LogP) is 4.14. The molecule has 0 aromatic carbocycles. The fraction of sp³-hybridized carbons (Fsp3) is 0.308. The van der Waals surface area contributed by atoms with Crippen LogP contribution in [0.25, 0.3) is 11.4 Å². The summed E-state index contributed by atoms with van der Waals surface area (Å²) in [5.74, 6) is 1.19. The third-order valence-corrected chi connectivity index (χ3v) is 4.36. The Balaban J connectivity index is 2.16. The quantitative estimate of drug-likeness (QED) is 0.779. The van der Waals surface area contributed by atoms with Crippen molar-refractivity contribution in [1.29, 1.82) is 0 Å². The zero-order valence-electron chi connectivity index (χ0n) is 9.82. The van der Waals surface area contributed by atoms with Gasteiger partial charge in [-0.25, -0.2) is 9.97 Å². The molecule has 1 saturated carbocycles. The molecule has 1 aliphatic carbocycles. The fourth-order valence-electron chi connectivity index (χ4n) is 1.88. The van der Waals surface area contributed by atoms with Gasteiger partial charge in [-0.1, -0.05) is 11.6 Å². The van der Waals surface area contributed by atoms with Gasteiger partial charge in [0, 0.05) is 23.9 Å². The van der Waals surface area contributed by atoms with Crippen LogP contribution in [0, 0.1) is 6.92 Å². The van der Waals surface area contributed by atoms with E-state index in [0.29, 0.717) is 16.9 Å². The van der Waals surface area contributed by atoms with Crippen molar-refractivity contribution < 1.29 is 0 Å². The summed E-state index contributed by atoms with van der Waals surface area (Å²) in [6, 6.07) is 1.95. The van der Waals surface area contributed by atoms with E-state index < -0.39 is 0 Å². The van der Waals surface area contributed by atoms with E-state index in [1.807, 2.05) is 13.0 Å². The van der Waals surface area contributed by atoms with Crippen LogP contribution in [0.5, 0.6) is 0 Å². The summed E-state index contributed by atoms with van der Waals surface area (Å²) in [6.45, 7) is 2.02. The molecule has 2 heterocycles. The maximum Gasteiger partial charge on any atom is 0.163 e. The number of aryl methyl sites for hydroxylation is 1. The standard InChI is InChI=1S/C13H11BrClN3/c1-7-4-5-16-6-9(7)13-17-11(8-2-3-8)10(14)12(15)18-13/h4-6,8H,2-3H2,1H3. The van der Waals surface area contributed by atoms with Gasteiger partial charge in [0.15, 0.2) is 5.82 Å². The van der Waals surface area contributed by atoms with Crippen molar-refractivity contribution in [3.8, 4) is 11.4 Å². The SMILES string of the molecule is Cc1ccncc1-c1nc(Cl)c(Br)c(C2CC2)n1. The molecule has 0 amide bonds. The van der Waals surface area contributed by atoms with E-state index in [0.717, 1.165) is 21.3 Å². The number of halogens is 2. The lowest BCUT2D eigenvalue weighted by Crippen LogP contribution is -1.99. The molecule has 18 heavy (non-hydrogen) atoms. The monoisotopic (exact) mass is 323 g/mol. The van der Waals surface area contributed by atoms with Gasteiger partial charge in [-0.05, 0) is 47.3 Å². The highest BCUT2D eigenvalue weighted by Crippen LogP contribution is 2.44. The molecule has 0 aliphatic heterocycles. The first kappa shape index (κ1) is 12.1. The Bertz CT molecular complexity index is 611. The topological polar surface area (TPSA) is 38.7 Å². The van der Waals surface area contributed by atoms with Gasteiger partial charge in [0.1, 0.15) is 5.15 Å². The van der Waals surface area contributed by atoms with Gasteiger partial charge < -0.3 is 0 Å². The largest absolute Gasteiger partial charge is 0.264 e. The van der Waals surface area contributed by atoms with Crippen LogP contribution in [0.1, 0.15) is 30.0 Å². The molecule has 0 radical (unpaired) electrons. The second-order valence-corrected chi connectivity index (χ2v) is 5.65. The molecule has 92 valence electrons. The fourth-order valence-corrected chi connectivity index (χ4v) is 2.56.